The Hall–Kier alpha value is -3.43. The predicted octanol–water partition coefficient (Wildman–Crippen LogP) is 2.60. The number of likely N-dealkylation sites (N-methyl/N-ethyl adjacent to an activating group) is 1. The van der Waals surface area contributed by atoms with Crippen LogP contribution in [0.2, 0.25) is 0 Å². The number of aromatic amines is 1. The van der Waals surface area contributed by atoms with Crippen LogP contribution in [-0.2, 0) is 17.1 Å². The fraction of sp³-hybridized carbons (Fsp3) is 0.609. The van der Waals surface area contributed by atoms with Gasteiger partial charge in [-0.25, -0.2) is 15.1 Å². The van der Waals surface area contributed by atoms with Gasteiger partial charge in [0.15, 0.2) is 0 Å². The van der Waals surface area contributed by atoms with Crippen molar-refractivity contribution in [2.45, 2.75) is 56.7 Å². The van der Waals surface area contributed by atoms with E-state index in [2.05, 4.69) is 20.4 Å². The highest BCUT2D eigenvalue weighted by Gasteiger charge is 2.40. The lowest BCUT2D eigenvalue weighted by molar-refractivity contribution is -0.139. The zero-order chi connectivity index (χ0) is 28.5. The van der Waals surface area contributed by atoms with Gasteiger partial charge in [0.2, 0.25) is 11.9 Å². The van der Waals surface area contributed by atoms with Crippen molar-refractivity contribution in [2.75, 3.05) is 43.4 Å². The van der Waals surface area contributed by atoms with Gasteiger partial charge in [-0.3, -0.25) is 14.5 Å². The highest BCUT2D eigenvalue weighted by molar-refractivity contribution is 5.84. The quantitative estimate of drug-likeness (QED) is 0.496. The van der Waals surface area contributed by atoms with Crippen LogP contribution in [0, 0.1) is 0 Å². The van der Waals surface area contributed by atoms with Crippen LogP contribution in [0.25, 0.3) is 0 Å². The van der Waals surface area contributed by atoms with Crippen LogP contribution < -0.4 is 15.8 Å². The van der Waals surface area contributed by atoms with Crippen molar-refractivity contribution in [2.24, 2.45) is 0 Å². The number of amides is 1. The van der Waals surface area contributed by atoms with Gasteiger partial charge in [-0.15, -0.1) is 0 Å². The zero-order valence-corrected chi connectivity index (χ0v) is 21.2. The van der Waals surface area contributed by atoms with Crippen LogP contribution in [0.4, 0.5) is 38.0 Å². The molecule has 4 heterocycles. The van der Waals surface area contributed by atoms with Gasteiger partial charge in [-0.2, -0.15) is 31.4 Å². The third-order valence-corrected chi connectivity index (χ3v) is 7.00. The van der Waals surface area contributed by atoms with E-state index < -0.39 is 46.8 Å². The van der Waals surface area contributed by atoms with Crippen molar-refractivity contribution in [3.8, 4) is 0 Å². The van der Waals surface area contributed by atoms with Crippen molar-refractivity contribution < 1.29 is 31.1 Å². The molecule has 4 rings (SSSR count). The lowest BCUT2D eigenvalue weighted by Gasteiger charge is -2.37. The first-order chi connectivity index (χ1) is 18.3. The Morgan fingerprint density at radius 3 is 2.26 bits per heavy atom. The molecule has 1 amide bonds. The molecule has 16 heteroatoms. The third kappa shape index (κ3) is 6.42. The smallest absolute Gasteiger partial charge is 0.379 e. The first-order valence-electron chi connectivity index (χ1n) is 12.3. The summed E-state index contributed by atoms with van der Waals surface area (Å²) < 4.78 is 78.2. The molecule has 2 saturated heterocycles. The first-order valence-corrected chi connectivity index (χ1v) is 12.3. The summed E-state index contributed by atoms with van der Waals surface area (Å²) >= 11 is 0. The summed E-state index contributed by atoms with van der Waals surface area (Å²) in [4.78, 5) is 37.9. The molecule has 2 unspecified atom stereocenters. The molecule has 2 fully saturated rings. The van der Waals surface area contributed by atoms with Crippen molar-refractivity contribution in [3.63, 3.8) is 0 Å². The Labute approximate surface area is 219 Å². The summed E-state index contributed by atoms with van der Waals surface area (Å²) in [7, 11) is 1.72. The number of halogens is 6. The topological polar surface area (TPSA) is 110 Å². The summed E-state index contributed by atoms with van der Waals surface area (Å²) in [6.45, 7) is 3.36. The first kappa shape index (κ1) is 28.6. The summed E-state index contributed by atoms with van der Waals surface area (Å²) in [6.07, 6.45) is -5.21. The van der Waals surface area contributed by atoms with Crippen molar-refractivity contribution >= 4 is 17.5 Å². The second kappa shape index (κ2) is 11.0. The van der Waals surface area contributed by atoms with Crippen LogP contribution >= 0.6 is 0 Å². The largest absolute Gasteiger partial charge is 0.423 e. The molecular formula is C23H28F6N8O2. The van der Waals surface area contributed by atoms with E-state index in [0.717, 1.165) is 18.6 Å². The van der Waals surface area contributed by atoms with E-state index in [0.29, 0.717) is 38.9 Å². The minimum Gasteiger partial charge on any atom is -0.379 e. The van der Waals surface area contributed by atoms with E-state index in [1.807, 2.05) is 0 Å². The number of likely N-dealkylation sites (tertiary alicyclic amines) is 1. The molecule has 214 valence electrons. The van der Waals surface area contributed by atoms with Gasteiger partial charge in [0.25, 0.3) is 5.56 Å². The molecule has 2 aliphatic heterocycles. The molecule has 2 aromatic rings. The van der Waals surface area contributed by atoms with Crippen LogP contribution in [0.15, 0.2) is 23.4 Å². The van der Waals surface area contributed by atoms with Gasteiger partial charge in [-0.05, 0) is 33.2 Å². The average Bonchev–Trinajstić information content (AvgIpc) is 3.24. The van der Waals surface area contributed by atoms with E-state index in [4.69, 9.17) is 0 Å². The molecule has 2 atom stereocenters. The van der Waals surface area contributed by atoms with Gasteiger partial charge < -0.3 is 15.1 Å². The maximum Gasteiger partial charge on any atom is 0.423 e. The molecule has 2 N–H and O–H groups in total. The molecule has 0 saturated carbocycles. The Bertz CT molecular complexity index is 1210. The number of nitrogens with one attached hydrogen (secondary N) is 2. The molecule has 2 aromatic heterocycles. The molecule has 0 radical (unpaired) electrons. The summed E-state index contributed by atoms with van der Waals surface area (Å²) in [6, 6.07) is -1.04. The number of alkyl halides is 6. The van der Waals surface area contributed by atoms with Crippen molar-refractivity contribution in [1.29, 1.82) is 0 Å². The number of H-pyrrole nitrogens is 1. The molecule has 0 aromatic carbocycles. The zero-order valence-electron chi connectivity index (χ0n) is 21.2. The summed E-state index contributed by atoms with van der Waals surface area (Å²) in [5, 5.41) is 7.92. The fourth-order valence-electron chi connectivity index (χ4n) is 5.13. The summed E-state index contributed by atoms with van der Waals surface area (Å²) in [5.74, 6) is 0.125. The predicted molar refractivity (Wildman–Crippen MR) is 128 cm³/mol. The number of carbonyl (C=O) groups is 1. The fourth-order valence-corrected chi connectivity index (χ4v) is 5.13. The van der Waals surface area contributed by atoms with E-state index in [1.54, 1.807) is 33.8 Å². The summed E-state index contributed by atoms with van der Waals surface area (Å²) in [5.41, 5.74) is -4.05. The number of anilines is 2. The highest BCUT2D eigenvalue weighted by Crippen LogP contribution is 2.32. The molecule has 10 nitrogen and oxygen atoms in total. The lowest BCUT2D eigenvalue weighted by atomic mass is 10.0. The van der Waals surface area contributed by atoms with Crippen LogP contribution in [0.3, 0.4) is 0 Å². The van der Waals surface area contributed by atoms with Crippen molar-refractivity contribution in [3.05, 3.63) is 40.1 Å². The van der Waals surface area contributed by atoms with Crippen molar-refractivity contribution in [1.82, 2.24) is 30.0 Å². The molecule has 0 spiro atoms. The monoisotopic (exact) mass is 562 g/mol. The highest BCUT2D eigenvalue weighted by atomic mass is 19.4. The van der Waals surface area contributed by atoms with Gasteiger partial charge in [0.1, 0.15) is 5.56 Å². The van der Waals surface area contributed by atoms with Gasteiger partial charge >= 0.3 is 12.4 Å². The Morgan fingerprint density at radius 2 is 1.67 bits per heavy atom. The minimum atomic E-state index is -4.86. The number of aromatic nitrogens is 4. The molecular weight excluding hydrogens is 534 g/mol. The van der Waals surface area contributed by atoms with Gasteiger partial charge in [0.05, 0.1) is 23.5 Å². The lowest BCUT2D eigenvalue weighted by Crippen LogP contribution is -2.49. The standard InChI is InChI=1S/C23H28F6N8O2/c1-13(33-16-11-32-34-19(38)18(16)23(27,28)29)12-35(2)17-5-8-37(20(17)39)15-3-6-36(7-4-15)21-30-9-14(10-31-21)22(24,25)26/h9-11,13,15,17H,3-8,12H2,1-2H3,(H2,33,34,38). The maximum atomic E-state index is 13.3. The van der Waals surface area contributed by atoms with Crippen LogP contribution in [0.5, 0.6) is 0 Å². The van der Waals surface area contributed by atoms with E-state index >= 15 is 0 Å². The van der Waals surface area contributed by atoms with E-state index in [-0.39, 0.29) is 24.4 Å². The average molecular weight is 563 g/mol. The molecule has 39 heavy (non-hydrogen) atoms. The van der Waals surface area contributed by atoms with E-state index in [9.17, 15) is 35.9 Å². The van der Waals surface area contributed by atoms with Crippen LogP contribution in [-0.4, -0.2) is 87.2 Å². The second-order valence-corrected chi connectivity index (χ2v) is 9.79. The van der Waals surface area contributed by atoms with Crippen LogP contribution in [0.1, 0.15) is 37.3 Å². The van der Waals surface area contributed by atoms with E-state index in [1.165, 1.54) is 0 Å². The number of carbonyl (C=O) groups excluding carboxylic acids is 1. The number of hydrogen-bond donors (Lipinski definition) is 2. The third-order valence-electron chi connectivity index (χ3n) is 7.00. The SMILES string of the molecule is CC(CN(C)C1CCN(C2CCN(c3ncc(C(F)(F)F)cn3)CC2)C1=O)Nc1cn[nH]c(=O)c1C(F)(F)F. The molecule has 2 aliphatic rings. The Morgan fingerprint density at radius 1 is 1.03 bits per heavy atom. The number of nitrogens with zero attached hydrogens (tertiary/aromatic N) is 6. The van der Waals surface area contributed by atoms with Gasteiger partial charge in [0, 0.05) is 50.7 Å². The normalized spacial score (nSPS) is 20.1. The number of rotatable bonds is 7. The van der Waals surface area contributed by atoms with Gasteiger partial charge in [-0.1, -0.05) is 0 Å². The number of hydrogen-bond acceptors (Lipinski definition) is 8. The molecule has 0 aliphatic carbocycles. The Balaban J connectivity index is 1.31. The number of piperidine rings is 1. The molecule has 0 bridgehead atoms. The Kier molecular flexibility index (Phi) is 8.04. The second-order valence-electron chi connectivity index (χ2n) is 9.79. The maximum absolute atomic E-state index is 13.3. The minimum absolute atomic E-state index is 0.0476.